The Hall–Kier alpha value is -1.61. The normalized spacial score (nSPS) is 18.9. The molecule has 3 heteroatoms. The third-order valence-electron chi connectivity index (χ3n) is 2.92. The van der Waals surface area contributed by atoms with Crippen molar-refractivity contribution in [3.8, 4) is 0 Å². The SMILES string of the molecule is Cc1ccc(C2CC(c3cccs3)=NO2)cc1. The van der Waals surface area contributed by atoms with Gasteiger partial charge in [0.25, 0.3) is 0 Å². The van der Waals surface area contributed by atoms with Gasteiger partial charge in [-0.15, -0.1) is 11.3 Å². The maximum Gasteiger partial charge on any atom is 0.158 e. The topological polar surface area (TPSA) is 21.6 Å². The Bertz CT molecular complexity index is 528. The predicted molar refractivity (Wildman–Crippen MR) is 70.5 cm³/mol. The lowest BCUT2D eigenvalue weighted by Gasteiger charge is -2.08. The molecule has 0 saturated heterocycles. The highest BCUT2D eigenvalue weighted by atomic mass is 32.1. The molecule has 86 valence electrons. The van der Waals surface area contributed by atoms with Crippen LogP contribution in [0.4, 0.5) is 0 Å². The molecule has 0 radical (unpaired) electrons. The van der Waals surface area contributed by atoms with E-state index in [1.54, 1.807) is 11.3 Å². The summed E-state index contributed by atoms with van der Waals surface area (Å²) in [7, 11) is 0. The molecule has 3 rings (SSSR count). The number of nitrogens with zero attached hydrogens (tertiary/aromatic N) is 1. The quantitative estimate of drug-likeness (QED) is 0.783. The molecule has 17 heavy (non-hydrogen) atoms. The van der Waals surface area contributed by atoms with Gasteiger partial charge in [-0.1, -0.05) is 41.1 Å². The predicted octanol–water partition coefficient (Wildman–Crippen LogP) is 3.92. The molecule has 0 bridgehead atoms. The van der Waals surface area contributed by atoms with Crippen LogP contribution in [0, 0.1) is 6.92 Å². The largest absolute Gasteiger partial charge is 0.387 e. The van der Waals surface area contributed by atoms with E-state index >= 15 is 0 Å². The zero-order valence-electron chi connectivity index (χ0n) is 9.59. The minimum atomic E-state index is 0.0766. The molecule has 0 amide bonds. The summed E-state index contributed by atoms with van der Waals surface area (Å²) in [4.78, 5) is 6.72. The van der Waals surface area contributed by atoms with Crippen LogP contribution in [-0.4, -0.2) is 5.71 Å². The molecule has 1 aromatic carbocycles. The van der Waals surface area contributed by atoms with Crippen LogP contribution in [0.25, 0.3) is 0 Å². The van der Waals surface area contributed by atoms with Crippen LogP contribution >= 0.6 is 11.3 Å². The van der Waals surface area contributed by atoms with Crippen molar-refractivity contribution in [1.29, 1.82) is 0 Å². The first-order valence-corrected chi connectivity index (χ1v) is 6.54. The number of benzene rings is 1. The van der Waals surface area contributed by atoms with Crippen LogP contribution in [0.3, 0.4) is 0 Å². The van der Waals surface area contributed by atoms with Gasteiger partial charge in [0.05, 0.1) is 4.88 Å². The van der Waals surface area contributed by atoms with Crippen molar-refractivity contribution in [3.63, 3.8) is 0 Å². The molecule has 0 fully saturated rings. The van der Waals surface area contributed by atoms with Gasteiger partial charge in [0.2, 0.25) is 0 Å². The maximum atomic E-state index is 5.51. The van der Waals surface area contributed by atoms with E-state index in [4.69, 9.17) is 4.84 Å². The van der Waals surface area contributed by atoms with Crippen LogP contribution in [0.1, 0.15) is 28.5 Å². The summed E-state index contributed by atoms with van der Waals surface area (Å²) in [5.41, 5.74) is 3.53. The molecule has 2 heterocycles. The van der Waals surface area contributed by atoms with Gasteiger partial charge in [-0.05, 0) is 23.9 Å². The lowest BCUT2D eigenvalue weighted by Crippen LogP contribution is -1.99. The Balaban J connectivity index is 1.76. The summed E-state index contributed by atoms with van der Waals surface area (Å²) in [5.74, 6) is 0. The van der Waals surface area contributed by atoms with Crippen molar-refractivity contribution in [3.05, 3.63) is 57.8 Å². The smallest absolute Gasteiger partial charge is 0.158 e. The third-order valence-corrected chi connectivity index (χ3v) is 3.84. The number of aryl methyl sites for hydroxylation is 1. The van der Waals surface area contributed by atoms with Crippen molar-refractivity contribution >= 4 is 17.0 Å². The van der Waals surface area contributed by atoms with Crippen LogP contribution < -0.4 is 0 Å². The van der Waals surface area contributed by atoms with Gasteiger partial charge in [0.1, 0.15) is 5.71 Å². The summed E-state index contributed by atoms with van der Waals surface area (Å²) < 4.78 is 0. The minimum Gasteiger partial charge on any atom is -0.387 e. The van der Waals surface area contributed by atoms with Crippen molar-refractivity contribution in [2.24, 2.45) is 5.16 Å². The molecule has 0 N–H and O–H groups in total. The summed E-state index contributed by atoms with van der Waals surface area (Å²) in [6.45, 7) is 2.09. The van der Waals surface area contributed by atoms with E-state index in [1.807, 2.05) is 6.07 Å². The Labute approximate surface area is 105 Å². The Morgan fingerprint density at radius 1 is 1.24 bits per heavy atom. The average Bonchev–Trinajstić information content (AvgIpc) is 3.00. The molecule has 1 aliphatic rings. The summed E-state index contributed by atoms with van der Waals surface area (Å²) in [6.07, 6.45) is 0.941. The fourth-order valence-corrected chi connectivity index (χ4v) is 2.64. The molecule has 0 aliphatic carbocycles. The van der Waals surface area contributed by atoms with E-state index in [0.717, 1.165) is 12.1 Å². The second kappa shape index (κ2) is 4.34. The van der Waals surface area contributed by atoms with Crippen LogP contribution in [0.2, 0.25) is 0 Å². The molecule has 2 nitrogen and oxygen atoms in total. The molecular weight excluding hydrogens is 230 g/mol. The average molecular weight is 243 g/mol. The molecule has 1 aromatic heterocycles. The first kappa shape index (κ1) is 10.5. The summed E-state index contributed by atoms with van der Waals surface area (Å²) >= 11 is 1.71. The minimum absolute atomic E-state index is 0.0766. The van der Waals surface area contributed by atoms with Crippen LogP contribution in [-0.2, 0) is 4.84 Å². The van der Waals surface area contributed by atoms with Gasteiger partial charge < -0.3 is 4.84 Å². The van der Waals surface area contributed by atoms with E-state index < -0.39 is 0 Å². The second-order valence-corrected chi connectivity index (χ2v) is 5.17. The zero-order valence-corrected chi connectivity index (χ0v) is 10.4. The van der Waals surface area contributed by atoms with Gasteiger partial charge in [0.15, 0.2) is 6.10 Å². The van der Waals surface area contributed by atoms with Gasteiger partial charge in [0, 0.05) is 6.42 Å². The van der Waals surface area contributed by atoms with E-state index in [-0.39, 0.29) is 6.10 Å². The third kappa shape index (κ3) is 2.11. The summed E-state index contributed by atoms with van der Waals surface area (Å²) in [6, 6.07) is 12.6. The maximum absolute atomic E-state index is 5.51. The molecule has 1 aliphatic heterocycles. The van der Waals surface area contributed by atoms with Gasteiger partial charge >= 0.3 is 0 Å². The highest BCUT2D eigenvalue weighted by Crippen LogP contribution is 2.30. The molecule has 1 atom stereocenters. The molecule has 0 spiro atoms. The van der Waals surface area contributed by atoms with Crippen molar-refractivity contribution in [1.82, 2.24) is 0 Å². The molecule has 1 unspecified atom stereocenters. The Morgan fingerprint density at radius 2 is 2.06 bits per heavy atom. The van der Waals surface area contributed by atoms with E-state index in [9.17, 15) is 0 Å². The van der Waals surface area contributed by atoms with E-state index in [2.05, 4.69) is 47.8 Å². The summed E-state index contributed by atoms with van der Waals surface area (Å²) in [5, 5.41) is 6.25. The zero-order chi connectivity index (χ0) is 11.7. The molecule has 2 aromatic rings. The van der Waals surface area contributed by atoms with Gasteiger partial charge in [-0.3, -0.25) is 0 Å². The highest BCUT2D eigenvalue weighted by Gasteiger charge is 2.23. The van der Waals surface area contributed by atoms with Crippen molar-refractivity contribution in [2.45, 2.75) is 19.4 Å². The second-order valence-electron chi connectivity index (χ2n) is 4.22. The fourth-order valence-electron chi connectivity index (χ4n) is 1.93. The number of rotatable bonds is 2. The number of thiophene rings is 1. The van der Waals surface area contributed by atoms with Crippen LogP contribution in [0.15, 0.2) is 46.9 Å². The van der Waals surface area contributed by atoms with E-state index in [0.29, 0.717) is 0 Å². The van der Waals surface area contributed by atoms with Gasteiger partial charge in [-0.25, -0.2) is 0 Å². The highest BCUT2D eigenvalue weighted by molar-refractivity contribution is 7.12. The Kier molecular flexibility index (Phi) is 2.69. The molecule has 0 saturated carbocycles. The monoisotopic (exact) mass is 243 g/mol. The van der Waals surface area contributed by atoms with Gasteiger partial charge in [-0.2, -0.15) is 0 Å². The lowest BCUT2D eigenvalue weighted by atomic mass is 10.0. The van der Waals surface area contributed by atoms with Crippen molar-refractivity contribution in [2.75, 3.05) is 0 Å². The van der Waals surface area contributed by atoms with Crippen LogP contribution in [0.5, 0.6) is 0 Å². The first-order chi connectivity index (χ1) is 8.33. The fraction of sp³-hybridized carbons (Fsp3) is 0.214. The van der Waals surface area contributed by atoms with Crippen molar-refractivity contribution < 1.29 is 4.84 Å². The Morgan fingerprint density at radius 3 is 2.76 bits per heavy atom. The number of oxime groups is 1. The first-order valence-electron chi connectivity index (χ1n) is 5.66. The lowest BCUT2D eigenvalue weighted by molar-refractivity contribution is 0.0857. The molecular formula is C14H13NOS. The number of hydrogen-bond acceptors (Lipinski definition) is 3. The van der Waals surface area contributed by atoms with E-state index in [1.165, 1.54) is 16.0 Å². The number of hydrogen-bond donors (Lipinski definition) is 0. The standard InChI is InChI=1S/C14H13NOS/c1-10-4-6-11(7-5-10)13-9-12(15-16-13)14-3-2-8-17-14/h2-8,13H,9H2,1H3.